The summed E-state index contributed by atoms with van der Waals surface area (Å²) in [6.07, 6.45) is 1.90. The average molecular weight is 254 g/mol. The summed E-state index contributed by atoms with van der Waals surface area (Å²) in [5.74, 6) is 5.69. The summed E-state index contributed by atoms with van der Waals surface area (Å²) in [6.45, 7) is 4.29. The molecule has 0 bridgehead atoms. The van der Waals surface area contributed by atoms with Crippen LogP contribution in [0.3, 0.4) is 0 Å². The van der Waals surface area contributed by atoms with E-state index in [0.29, 0.717) is 0 Å². The van der Waals surface area contributed by atoms with Crippen molar-refractivity contribution < 1.29 is 0 Å². The molecular formula is C17H22N2. The van der Waals surface area contributed by atoms with Gasteiger partial charge in [0.05, 0.1) is 0 Å². The Balaban J connectivity index is 2.04. The second-order valence-electron chi connectivity index (χ2n) is 5.18. The Morgan fingerprint density at radius 3 is 2.21 bits per heavy atom. The smallest absolute Gasteiger partial charge is 0.0291 e. The average Bonchev–Trinajstić information content (AvgIpc) is 2.43. The number of hydrogen-bond donors (Lipinski definition) is 2. The van der Waals surface area contributed by atoms with Gasteiger partial charge in [0.1, 0.15) is 0 Å². The molecule has 0 spiro atoms. The van der Waals surface area contributed by atoms with Crippen LogP contribution in [-0.4, -0.2) is 6.04 Å². The van der Waals surface area contributed by atoms with E-state index in [1.165, 1.54) is 22.3 Å². The van der Waals surface area contributed by atoms with Crippen molar-refractivity contribution >= 4 is 0 Å². The van der Waals surface area contributed by atoms with Crippen molar-refractivity contribution in [2.75, 3.05) is 0 Å². The molecule has 2 aromatic rings. The van der Waals surface area contributed by atoms with E-state index in [2.05, 4.69) is 61.7 Å². The molecule has 2 heteroatoms. The predicted octanol–water partition coefficient (Wildman–Crippen LogP) is 2.92. The van der Waals surface area contributed by atoms with Gasteiger partial charge in [0.25, 0.3) is 0 Å². The van der Waals surface area contributed by atoms with E-state index in [1.54, 1.807) is 0 Å². The summed E-state index contributed by atoms with van der Waals surface area (Å²) in [4.78, 5) is 0. The lowest BCUT2D eigenvalue weighted by Crippen LogP contribution is -2.38. The first-order valence-corrected chi connectivity index (χ1v) is 6.75. The van der Waals surface area contributed by atoms with Gasteiger partial charge < -0.3 is 0 Å². The van der Waals surface area contributed by atoms with E-state index in [-0.39, 0.29) is 6.04 Å². The molecule has 0 heterocycles. The molecule has 0 saturated heterocycles. The Hall–Kier alpha value is -1.64. The van der Waals surface area contributed by atoms with Crippen molar-refractivity contribution in [3.8, 4) is 0 Å². The molecule has 2 nitrogen and oxygen atoms in total. The number of aryl methyl sites for hydroxylation is 2. The highest BCUT2D eigenvalue weighted by molar-refractivity contribution is 5.30. The highest BCUT2D eigenvalue weighted by atomic mass is 15.2. The van der Waals surface area contributed by atoms with E-state index in [4.69, 9.17) is 5.84 Å². The first-order valence-electron chi connectivity index (χ1n) is 6.75. The molecule has 2 rings (SSSR count). The van der Waals surface area contributed by atoms with Crippen LogP contribution < -0.4 is 11.3 Å². The number of nitrogens with one attached hydrogen (secondary N) is 1. The molecule has 0 aliphatic carbocycles. The summed E-state index contributed by atoms with van der Waals surface area (Å²) in [5.41, 5.74) is 8.26. The molecule has 0 saturated carbocycles. The van der Waals surface area contributed by atoms with Crippen LogP contribution in [0.15, 0.2) is 48.5 Å². The normalized spacial score (nSPS) is 12.4. The van der Waals surface area contributed by atoms with Gasteiger partial charge in [-0.2, -0.15) is 0 Å². The Labute approximate surface area is 115 Å². The van der Waals surface area contributed by atoms with Crippen LogP contribution in [0.1, 0.15) is 22.3 Å². The van der Waals surface area contributed by atoms with Gasteiger partial charge >= 0.3 is 0 Å². The molecule has 1 atom stereocenters. The van der Waals surface area contributed by atoms with Crippen LogP contribution in [0.5, 0.6) is 0 Å². The van der Waals surface area contributed by atoms with Crippen LogP contribution in [0, 0.1) is 13.8 Å². The fraction of sp³-hybridized carbons (Fsp3) is 0.294. The highest BCUT2D eigenvalue weighted by Crippen LogP contribution is 2.13. The maximum absolute atomic E-state index is 5.69. The molecule has 2 aromatic carbocycles. The predicted molar refractivity (Wildman–Crippen MR) is 80.9 cm³/mol. The molecule has 0 amide bonds. The molecule has 0 radical (unpaired) electrons. The van der Waals surface area contributed by atoms with Gasteiger partial charge in [-0.3, -0.25) is 11.3 Å². The van der Waals surface area contributed by atoms with Crippen LogP contribution in [-0.2, 0) is 12.8 Å². The summed E-state index contributed by atoms with van der Waals surface area (Å²) < 4.78 is 0. The van der Waals surface area contributed by atoms with Crippen molar-refractivity contribution in [3.63, 3.8) is 0 Å². The quantitative estimate of drug-likeness (QED) is 0.636. The second kappa shape index (κ2) is 6.50. The molecule has 0 aromatic heterocycles. The number of benzene rings is 2. The molecule has 0 fully saturated rings. The third kappa shape index (κ3) is 3.91. The zero-order valence-corrected chi connectivity index (χ0v) is 11.7. The van der Waals surface area contributed by atoms with Crippen LogP contribution >= 0.6 is 0 Å². The van der Waals surface area contributed by atoms with E-state index in [9.17, 15) is 0 Å². The fourth-order valence-corrected chi connectivity index (χ4v) is 2.30. The zero-order chi connectivity index (χ0) is 13.7. The minimum Gasteiger partial charge on any atom is -0.271 e. The van der Waals surface area contributed by atoms with Gasteiger partial charge in [-0.15, -0.1) is 0 Å². The van der Waals surface area contributed by atoms with E-state index in [1.807, 2.05) is 6.07 Å². The Kier molecular flexibility index (Phi) is 4.72. The maximum atomic E-state index is 5.69. The zero-order valence-electron chi connectivity index (χ0n) is 11.7. The van der Waals surface area contributed by atoms with Crippen molar-refractivity contribution in [2.24, 2.45) is 5.84 Å². The van der Waals surface area contributed by atoms with Gasteiger partial charge in [-0.25, -0.2) is 0 Å². The van der Waals surface area contributed by atoms with Crippen LogP contribution in [0.2, 0.25) is 0 Å². The van der Waals surface area contributed by atoms with Crippen molar-refractivity contribution in [2.45, 2.75) is 32.7 Å². The summed E-state index contributed by atoms with van der Waals surface area (Å²) in [7, 11) is 0. The van der Waals surface area contributed by atoms with E-state index in [0.717, 1.165) is 12.8 Å². The lowest BCUT2D eigenvalue weighted by molar-refractivity contribution is 0.522. The maximum Gasteiger partial charge on any atom is 0.0291 e. The fourth-order valence-electron chi connectivity index (χ4n) is 2.30. The van der Waals surface area contributed by atoms with Gasteiger partial charge in [-0.05, 0) is 48.9 Å². The first kappa shape index (κ1) is 13.8. The third-order valence-corrected chi connectivity index (χ3v) is 3.61. The minimum atomic E-state index is 0.268. The Bertz CT molecular complexity index is 520. The molecular weight excluding hydrogens is 232 g/mol. The number of rotatable bonds is 5. The van der Waals surface area contributed by atoms with Crippen molar-refractivity contribution in [1.29, 1.82) is 0 Å². The largest absolute Gasteiger partial charge is 0.271 e. The molecule has 0 aliphatic heterocycles. The summed E-state index contributed by atoms with van der Waals surface area (Å²) >= 11 is 0. The summed E-state index contributed by atoms with van der Waals surface area (Å²) in [6, 6.07) is 17.4. The number of nitrogens with two attached hydrogens (primary N) is 1. The monoisotopic (exact) mass is 254 g/mol. The van der Waals surface area contributed by atoms with Crippen molar-refractivity contribution in [1.82, 2.24) is 5.43 Å². The highest BCUT2D eigenvalue weighted by Gasteiger charge is 2.09. The molecule has 0 aliphatic rings. The Morgan fingerprint density at radius 2 is 1.58 bits per heavy atom. The Morgan fingerprint density at radius 1 is 0.895 bits per heavy atom. The SMILES string of the molecule is Cc1ccc(CC(Cc2ccccc2)NN)cc1C. The van der Waals surface area contributed by atoms with Crippen LogP contribution in [0.25, 0.3) is 0 Å². The number of hydrogen-bond acceptors (Lipinski definition) is 2. The lowest BCUT2D eigenvalue weighted by atomic mass is 9.97. The standard InChI is InChI=1S/C17H22N2/c1-13-8-9-16(10-14(13)2)12-17(19-18)11-15-6-4-3-5-7-15/h3-10,17,19H,11-12,18H2,1-2H3. The summed E-state index contributed by atoms with van der Waals surface area (Å²) in [5, 5.41) is 0. The van der Waals surface area contributed by atoms with Gasteiger partial charge in [0.15, 0.2) is 0 Å². The number of hydrazine groups is 1. The van der Waals surface area contributed by atoms with Gasteiger partial charge in [0, 0.05) is 6.04 Å². The third-order valence-electron chi connectivity index (χ3n) is 3.61. The van der Waals surface area contributed by atoms with E-state index < -0.39 is 0 Å². The molecule has 3 N–H and O–H groups in total. The molecule has 100 valence electrons. The van der Waals surface area contributed by atoms with Crippen LogP contribution in [0.4, 0.5) is 0 Å². The second-order valence-corrected chi connectivity index (χ2v) is 5.18. The first-order chi connectivity index (χ1) is 9.19. The van der Waals surface area contributed by atoms with Crippen molar-refractivity contribution in [3.05, 3.63) is 70.8 Å². The van der Waals surface area contributed by atoms with Gasteiger partial charge in [0.2, 0.25) is 0 Å². The van der Waals surface area contributed by atoms with E-state index >= 15 is 0 Å². The topological polar surface area (TPSA) is 38.0 Å². The van der Waals surface area contributed by atoms with Gasteiger partial charge in [-0.1, -0.05) is 48.5 Å². The molecule has 19 heavy (non-hydrogen) atoms. The lowest BCUT2D eigenvalue weighted by Gasteiger charge is -2.16. The minimum absolute atomic E-state index is 0.268. The molecule has 1 unspecified atom stereocenters.